The van der Waals surface area contributed by atoms with E-state index in [2.05, 4.69) is 5.32 Å². The van der Waals surface area contributed by atoms with Crippen molar-refractivity contribution in [3.8, 4) is 0 Å². The summed E-state index contributed by atoms with van der Waals surface area (Å²) in [6, 6.07) is 14.5. The third-order valence-corrected chi connectivity index (χ3v) is 6.41. The Labute approximate surface area is 180 Å². The van der Waals surface area contributed by atoms with Gasteiger partial charge in [-0.25, -0.2) is 0 Å². The fourth-order valence-electron chi connectivity index (χ4n) is 3.96. The van der Waals surface area contributed by atoms with Gasteiger partial charge in [0, 0.05) is 10.9 Å². The van der Waals surface area contributed by atoms with Crippen LogP contribution >= 0.6 is 11.3 Å². The van der Waals surface area contributed by atoms with Crippen molar-refractivity contribution in [3.63, 3.8) is 0 Å². The van der Waals surface area contributed by atoms with Gasteiger partial charge in [0.05, 0.1) is 12.8 Å². The Morgan fingerprint density at radius 2 is 1.90 bits per heavy atom. The normalized spacial score (nSPS) is 15.1. The molecule has 1 fully saturated rings. The lowest BCUT2D eigenvalue weighted by molar-refractivity contribution is -0.126. The second-order valence-corrected chi connectivity index (χ2v) is 8.83. The maximum Gasteiger partial charge on any atom is 0.290 e. The second-order valence-electron chi connectivity index (χ2n) is 7.79. The van der Waals surface area contributed by atoms with Gasteiger partial charge >= 0.3 is 0 Å². The Balaban J connectivity index is 1.71. The molecule has 0 aliphatic heterocycles. The van der Waals surface area contributed by atoms with E-state index in [4.69, 9.17) is 4.42 Å². The van der Waals surface area contributed by atoms with Crippen molar-refractivity contribution in [2.75, 3.05) is 0 Å². The number of benzene rings is 1. The minimum absolute atomic E-state index is 0.137. The fraction of sp³-hybridized carbons (Fsp3) is 0.333. The van der Waals surface area contributed by atoms with Crippen LogP contribution in [0.15, 0.2) is 64.6 Å². The highest BCUT2D eigenvalue weighted by molar-refractivity contribution is 7.09. The van der Waals surface area contributed by atoms with Gasteiger partial charge in [-0.15, -0.1) is 11.3 Å². The predicted molar refractivity (Wildman–Crippen MR) is 117 cm³/mol. The van der Waals surface area contributed by atoms with Crippen LogP contribution in [0.1, 0.15) is 58.3 Å². The smallest absolute Gasteiger partial charge is 0.290 e. The molecule has 2 aromatic heterocycles. The Kier molecular flexibility index (Phi) is 6.33. The van der Waals surface area contributed by atoms with Gasteiger partial charge in [0.25, 0.3) is 5.91 Å². The molecule has 0 radical (unpaired) electrons. The van der Waals surface area contributed by atoms with E-state index in [1.807, 2.05) is 48.7 Å². The number of furan rings is 1. The molecule has 4 rings (SSSR count). The van der Waals surface area contributed by atoms with E-state index < -0.39 is 6.04 Å². The second kappa shape index (κ2) is 9.30. The van der Waals surface area contributed by atoms with Gasteiger partial charge in [-0.2, -0.15) is 0 Å². The summed E-state index contributed by atoms with van der Waals surface area (Å²) in [7, 11) is 0. The summed E-state index contributed by atoms with van der Waals surface area (Å²) >= 11 is 1.57. The number of carbonyl (C=O) groups excluding carboxylic acids is 2. The number of nitrogens with zero attached hydrogens (tertiary/aromatic N) is 1. The molecule has 3 aromatic rings. The lowest BCUT2D eigenvalue weighted by Gasteiger charge is -2.31. The van der Waals surface area contributed by atoms with Crippen molar-refractivity contribution in [1.29, 1.82) is 0 Å². The van der Waals surface area contributed by atoms with Crippen LogP contribution in [0.2, 0.25) is 0 Å². The number of carbonyl (C=O) groups is 2. The zero-order chi connectivity index (χ0) is 20.9. The SMILES string of the molecule is Cc1ccc(C(C(=O)NC2CCCC2)N(Cc2cccs2)C(=O)c2ccco2)cc1. The molecule has 1 unspecified atom stereocenters. The van der Waals surface area contributed by atoms with Crippen molar-refractivity contribution in [3.05, 3.63) is 81.9 Å². The molecule has 1 aromatic carbocycles. The summed E-state index contributed by atoms with van der Waals surface area (Å²) in [6.07, 6.45) is 5.72. The van der Waals surface area contributed by atoms with Crippen molar-refractivity contribution in [1.82, 2.24) is 10.2 Å². The van der Waals surface area contributed by atoms with E-state index in [0.29, 0.717) is 6.54 Å². The van der Waals surface area contributed by atoms with Gasteiger partial charge in [-0.05, 0) is 48.9 Å². The summed E-state index contributed by atoms with van der Waals surface area (Å²) in [6.45, 7) is 2.35. The minimum Gasteiger partial charge on any atom is -0.459 e. The van der Waals surface area contributed by atoms with Crippen LogP contribution in [-0.4, -0.2) is 22.8 Å². The molecule has 0 spiro atoms. The molecule has 2 amide bonds. The molecule has 1 N–H and O–H groups in total. The molecular formula is C24H26N2O3S. The maximum absolute atomic E-state index is 13.5. The summed E-state index contributed by atoms with van der Waals surface area (Å²) in [5.74, 6) is -0.194. The van der Waals surface area contributed by atoms with Crippen molar-refractivity contribution >= 4 is 23.2 Å². The molecule has 1 aliphatic carbocycles. The third kappa shape index (κ3) is 4.65. The zero-order valence-electron chi connectivity index (χ0n) is 17.0. The Morgan fingerprint density at radius 3 is 2.53 bits per heavy atom. The van der Waals surface area contributed by atoms with Gasteiger partial charge in [-0.3, -0.25) is 9.59 Å². The van der Waals surface area contributed by atoms with Crippen molar-refractivity contribution < 1.29 is 14.0 Å². The van der Waals surface area contributed by atoms with E-state index in [9.17, 15) is 9.59 Å². The van der Waals surface area contributed by atoms with Crippen LogP contribution in [-0.2, 0) is 11.3 Å². The largest absolute Gasteiger partial charge is 0.459 e. The predicted octanol–water partition coefficient (Wildman–Crippen LogP) is 5.09. The highest BCUT2D eigenvalue weighted by atomic mass is 32.1. The van der Waals surface area contributed by atoms with Crippen molar-refractivity contribution in [2.45, 2.75) is 51.2 Å². The van der Waals surface area contributed by atoms with E-state index >= 15 is 0 Å². The van der Waals surface area contributed by atoms with Gasteiger partial charge < -0.3 is 14.6 Å². The Bertz CT molecular complexity index is 959. The number of aryl methyl sites for hydroxylation is 1. The molecule has 1 saturated carbocycles. The standard InChI is InChI=1S/C24H26N2O3S/c1-17-10-12-18(13-11-17)22(23(27)25-19-6-2-3-7-19)26(16-20-8-5-15-30-20)24(28)21-9-4-14-29-21/h4-5,8-15,19,22H,2-3,6-7,16H2,1H3,(H,25,27). The topological polar surface area (TPSA) is 62.6 Å². The van der Waals surface area contributed by atoms with Crippen molar-refractivity contribution in [2.24, 2.45) is 0 Å². The molecule has 2 heterocycles. The van der Waals surface area contributed by atoms with Crippen LogP contribution in [0.5, 0.6) is 0 Å². The van der Waals surface area contributed by atoms with Gasteiger partial charge in [-0.1, -0.05) is 48.7 Å². The zero-order valence-corrected chi connectivity index (χ0v) is 17.9. The number of rotatable bonds is 7. The molecular weight excluding hydrogens is 396 g/mol. The average molecular weight is 423 g/mol. The Morgan fingerprint density at radius 1 is 1.13 bits per heavy atom. The fourth-order valence-corrected chi connectivity index (χ4v) is 4.67. The number of hydrogen-bond acceptors (Lipinski definition) is 4. The quantitative estimate of drug-likeness (QED) is 0.577. The van der Waals surface area contributed by atoms with Crippen LogP contribution in [0.25, 0.3) is 0 Å². The third-order valence-electron chi connectivity index (χ3n) is 5.55. The highest BCUT2D eigenvalue weighted by Gasteiger charge is 2.34. The molecule has 30 heavy (non-hydrogen) atoms. The number of amides is 2. The van der Waals surface area contributed by atoms with E-state index in [1.165, 1.54) is 6.26 Å². The summed E-state index contributed by atoms with van der Waals surface area (Å²) in [5, 5.41) is 5.17. The molecule has 0 saturated heterocycles. The van der Waals surface area contributed by atoms with Gasteiger partial charge in [0.1, 0.15) is 6.04 Å². The Hall–Kier alpha value is -2.86. The molecule has 1 aliphatic rings. The number of hydrogen-bond donors (Lipinski definition) is 1. The first-order valence-corrected chi connectivity index (χ1v) is 11.2. The summed E-state index contributed by atoms with van der Waals surface area (Å²) in [5.41, 5.74) is 1.91. The maximum atomic E-state index is 13.5. The lowest BCUT2D eigenvalue weighted by Crippen LogP contribution is -2.45. The van der Waals surface area contributed by atoms with E-state index in [0.717, 1.165) is 41.7 Å². The van der Waals surface area contributed by atoms with Crippen LogP contribution in [0.4, 0.5) is 0 Å². The average Bonchev–Trinajstić information content (AvgIpc) is 3.52. The lowest BCUT2D eigenvalue weighted by atomic mass is 10.0. The number of nitrogens with one attached hydrogen (secondary N) is 1. The molecule has 156 valence electrons. The summed E-state index contributed by atoms with van der Waals surface area (Å²) in [4.78, 5) is 29.5. The van der Waals surface area contributed by atoms with Crippen LogP contribution < -0.4 is 5.32 Å². The molecule has 1 atom stereocenters. The van der Waals surface area contributed by atoms with Gasteiger partial charge in [0.15, 0.2) is 5.76 Å². The van der Waals surface area contributed by atoms with E-state index in [-0.39, 0.29) is 23.6 Å². The first-order valence-electron chi connectivity index (χ1n) is 10.4. The molecule has 6 heteroatoms. The first kappa shape index (κ1) is 20.4. The highest BCUT2D eigenvalue weighted by Crippen LogP contribution is 2.28. The molecule has 0 bridgehead atoms. The van der Waals surface area contributed by atoms with Crippen LogP contribution in [0.3, 0.4) is 0 Å². The molecule has 5 nitrogen and oxygen atoms in total. The number of thiophene rings is 1. The summed E-state index contributed by atoms with van der Waals surface area (Å²) < 4.78 is 5.39. The van der Waals surface area contributed by atoms with E-state index in [1.54, 1.807) is 28.4 Å². The first-order chi connectivity index (χ1) is 14.6. The monoisotopic (exact) mass is 422 g/mol. The van der Waals surface area contributed by atoms with Gasteiger partial charge in [0.2, 0.25) is 5.91 Å². The van der Waals surface area contributed by atoms with Crippen LogP contribution in [0, 0.1) is 6.92 Å². The minimum atomic E-state index is -0.731.